The van der Waals surface area contributed by atoms with Gasteiger partial charge in [0, 0.05) is 26.3 Å². The average Bonchev–Trinajstić information content (AvgIpc) is 2.86. The Morgan fingerprint density at radius 1 is 0.794 bits per heavy atom. The van der Waals surface area contributed by atoms with Gasteiger partial charge in [-0.15, -0.1) is 0 Å². The summed E-state index contributed by atoms with van der Waals surface area (Å²) in [5.74, 6) is -1.84. The molecule has 7 heteroatoms. The molecule has 0 radical (unpaired) electrons. The van der Waals surface area contributed by atoms with Crippen LogP contribution in [0.1, 0.15) is 28.8 Å². The maximum absolute atomic E-state index is 13.3. The van der Waals surface area contributed by atoms with Crippen molar-refractivity contribution in [3.63, 3.8) is 0 Å². The lowest BCUT2D eigenvalue weighted by atomic mass is 9.81. The van der Waals surface area contributed by atoms with Crippen molar-refractivity contribution in [3.8, 4) is 0 Å². The fourth-order valence-corrected chi connectivity index (χ4v) is 4.43. The number of carbonyl (C=O) groups is 3. The molecule has 0 spiro atoms. The molecule has 0 saturated carbocycles. The second kappa shape index (κ2) is 10.8. The van der Waals surface area contributed by atoms with Crippen LogP contribution in [0.25, 0.3) is 0 Å². The normalized spacial score (nSPS) is 17.1. The zero-order chi connectivity index (χ0) is 24.1. The zero-order valence-corrected chi connectivity index (χ0v) is 20.5. The molecule has 1 aliphatic rings. The Morgan fingerprint density at radius 2 is 1.41 bits per heavy atom. The quantitative estimate of drug-likeness (QED) is 0.279. The van der Waals surface area contributed by atoms with E-state index in [0.29, 0.717) is 40.4 Å². The first-order valence-electron chi connectivity index (χ1n) is 10.8. The highest BCUT2D eigenvalue weighted by Gasteiger charge is 2.34. The number of benzene rings is 3. The number of halogens is 2. The first-order valence-corrected chi connectivity index (χ1v) is 12.0. The Labute approximate surface area is 211 Å². The van der Waals surface area contributed by atoms with Gasteiger partial charge in [0.2, 0.25) is 11.8 Å². The van der Waals surface area contributed by atoms with Crippen molar-refractivity contribution in [1.29, 1.82) is 0 Å². The fourth-order valence-electron chi connectivity index (χ4n) is 3.95. The molecule has 1 aliphatic carbocycles. The Balaban J connectivity index is 1.54. The third-order valence-corrected chi connectivity index (χ3v) is 6.48. The Kier molecular flexibility index (Phi) is 7.60. The summed E-state index contributed by atoms with van der Waals surface area (Å²) in [4.78, 5) is 39.4. The van der Waals surface area contributed by atoms with Crippen LogP contribution in [0, 0.1) is 11.8 Å². The zero-order valence-electron chi connectivity index (χ0n) is 18.1. The molecule has 5 nitrogen and oxygen atoms in total. The van der Waals surface area contributed by atoms with Gasteiger partial charge in [-0.25, -0.2) is 0 Å². The molecule has 0 aromatic heterocycles. The fraction of sp³-hybridized carbons (Fsp3) is 0.148. The van der Waals surface area contributed by atoms with Crippen LogP contribution in [0.4, 0.5) is 11.4 Å². The van der Waals surface area contributed by atoms with Crippen LogP contribution in [0.2, 0.25) is 5.02 Å². The molecule has 2 atom stereocenters. The highest BCUT2D eigenvalue weighted by atomic mass is 79.9. The van der Waals surface area contributed by atoms with Crippen LogP contribution in [0.15, 0.2) is 89.4 Å². The molecule has 2 N–H and O–H groups in total. The van der Waals surface area contributed by atoms with Crippen LogP contribution < -0.4 is 10.6 Å². The minimum absolute atomic E-state index is 0.197. The SMILES string of the molecule is O=C(c1ccccc1)c1cc(Br)ccc1NC(=O)C1CC=CCC1C(=O)Nc1ccc(Cl)cc1. The lowest BCUT2D eigenvalue weighted by molar-refractivity contribution is -0.129. The topological polar surface area (TPSA) is 75.3 Å². The van der Waals surface area contributed by atoms with E-state index in [9.17, 15) is 14.4 Å². The van der Waals surface area contributed by atoms with Crippen LogP contribution in [0.3, 0.4) is 0 Å². The molecule has 0 saturated heterocycles. The van der Waals surface area contributed by atoms with Gasteiger partial charge in [-0.3, -0.25) is 14.4 Å². The van der Waals surface area contributed by atoms with Gasteiger partial charge >= 0.3 is 0 Å². The average molecular weight is 538 g/mol. The van der Waals surface area contributed by atoms with Gasteiger partial charge in [-0.1, -0.05) is 70.0 Å². The predicted molar refractivity (Wildman–Crippen MR) is 138 cm³/mol. The molecule has 0 heterocycles. The number of rotatable bonds is 6. The first-order chi connectivity index (χ1) is 16.4. The lowest BCUT2D eigenvalue weighted by Crippen LogP contribution is -2.37. The number of amides is 2. The van der Waals surface area contributed by atoms with E-state index in [1.165, 1.54) is 0 Å². The number of allylic oxidation sites excluding steroid dienone is 2. The van der Waals surface area contributed by atoms with E-state index in [4.69, 9.17) is 11.6 Å². The Hall–Kier alpha value is -3.22. The van der Waals surface area contributed by atoms with Gasteiger partial charge in [-0.2, -0.15) is 0 Å². The Bertz CT molecular complexity index is 1240. The Morgan fingerprint density at radius 3 is 2.06 bits per heavy atom. The highest BCUT2D eigenvalue weighted by molar-refractivity contribution is 9.10. The minimum atomic E-state index is -0.569. The number of hydrogen-bond donors (Lipinski definition) is 2. The molecule has 0 fully saturated rings. The summed E-state index contributed by atoms with van der Waals surface area (Å²) in [6.07, 6.45) is 4.71. The second-order valence-corrected chi connectivity index (χ2v) is 9.38. The van der Waals surface area contributed by atoms with Gasteiger partial charge < -0.3 is 10.6 Å². The summed E-state index contributed by atoms with van der Waals surface area (Å²) >= 11 is 9.33. The van der Waals surface area contributed by atoms with Crippen LogP contribution in [-0.4, -0.2) is 17.6 Å². The van der Waals surface area contributed by atoms with Crippen molar-refractivity contribution in [3.05, 3.63) is 106 Å². The van der Waals surface area contributed by atoms with E-state index >= 15 is 0 Å². The van der Waals surface area contributed by atoms with Gasteiger partial charge in [0.1, 0.15) is 0 Å². The highest BCUT2D eigenvalue weighted by Crippen LogP contribution is 2.30. The summed E-state index contributed by atoms with van der Waals surface area (Å²) in [5, 5.41) is 6.35. The molecular formula is C27H22BrClN2O3. The molecular weight excluding hydrogens is 516 g/mol. The van der Waals surface area contributed by atoms with Gasteiger partial charge in [0.05, 0.1) is 17.5 Å². The largest absolute Gasteiger partial charge is 0.326 e. The number of hydrogen-bond acceptors (Lipinski definition) is 3. The number of ketones is 1. The van der Waals surface area contributed by atoms with E-state index in [1.54, 1.807) is 66.7 Å². The smallest absolute Gasteiger partial charge is 0.228 e. The molecule has 2 amide bonds. The van der Waals surface area contributed by atoms with E-state index in [1.807, 2.05) is 18.2 Å². The lowest BCUT2D eigenvalue weighted by Gasteiger charge is -2.27. The van der Waals surface area contributed by atoms with E-state index in [-0.39, 0.29) is 17.6 Å². The first kappa shape index (κ1) is 23.9. The molecule has 172 valence electrons. The summed E-state index contributed by atoms with van der Waals surface area (Å²) in [6.45, 7) is 0. The minimum Gasteiger partial charge on any atom is -0.326 e. The third-order valence-electron chi connectivity index (χ3n) is 5.74. The van der Waals surface area contributed by atoms with Gasteiger partial charge in [0.15, 0.2) is 5.78 Å². The summed E-state index contributed by atoms with van der Waals surface area (Å²) in [6, 6.07) is 20.9. The van der Waals surface area contributed by atoms with E-state index in [2.05, 4.69) is 26.6 Å². The van der Waals surface area contributed by atoms with Gasteiger partial charge in [-0.05, 0) is 55.3 Å². The molecule has 4 rings (SSSR count). The molecule has 3 aromatic rings. The summed E-state index contributed by atoms with van der Waals surface area (Å²) in [7, 11) is 0. The molecule has 0 bridgehead atoms. The van der Waals surface area contributed by atoms with Crippen molar-refractivity contribution in [2.75, 3.05) is 10.6 Å². The van der Waals surface area contributed by atoms with Crippen molar-refractivity contribution in [2.24, 2.45) is 11.8 Å². The summed E-state index contributed by atoms with van der Waals surface area (Å²) in [5.41, 5.74) is 1.93. The van der Waals surface area contributed by atoms with Crippen LogP contribution in [-0.2, 0) is 9.59 Å². The van der Waals surface area contributed by atoms with Crippen molar-refractivity contribution in [2.45, 2.75) is 12.8 Å². The number of carbonyl (C=O) groups excluding carboxylic acids is 3. The molecule has 3 aromatic carbocycles. The third kappa shape index (κ3) is 5.64. The second-order valence-electron chi connectivity index (χ2n) is 8.03. The van der Waals surface area contributed by atoms with E-state index in [0.717, 1.165) is 4.47 Å². The molecule has 2 unspecified atom stereocenters. The standard InChI is InChI=1S/C27H22BrClN2O3/c28-18-10-15-24(23(16-18)25(32)17-6-2-1-3-7-17)31-27(34)22-9-5-4-8-21(22)26(33)30-20-13-11-19(29)12-14-20/h1-7,10-16,21-22H,8-9H2,(H,30,33)(H,31,34). The van der Waals surface area contributed by atoms with Crippen LogP contribution >= 0.6 is 27.5 Å². The number of anilines is 2. The van der Waals surface area contributed by atoms with E-state index < -0.39 is 11.8 Å². The molecule has 0 aliphatic heterocycles. The van der Waals surface area contributed by atoms with Crippen LogP contribution in [0.5, 0.6) is 0 Å². The van der Waals surface area contributed by atoms with Crippen molar-refractivity contribution < 1.29 is 14.4 Å². The predicted octanol–water partition coefficient (Wildman–Crippen LogP) is 6.49. The maximum Gasteiger partial charge on any atom is 0.228 e. The molecule has 34 heavy (non-hydrogen) atoms. The maximum atomic E-state index is 13.3. The van der Waals surface area contributed by atoms with Crippen molar-refractivity contribution >= 4 is 56.5 Å². The summed E-state index contributed by atoms with van der Waals surface area (Å²) < 4.78 is 0.727. The number of nitrogens with one attached hydrogen (secondary N) is 2. The van der Waals surface area contributed by atoms with Gasteiger partial charge in [0.25, 0.3) is 0 Å². The van der Waals surface area contributed by atoms with Crippen molar-refractivity contribution in [1.82, 2.24) is 0 Å². The monoisotopic (exact) mass is 536 g/mol.